The summed E-state index contributed by atoms with van der Waals surface area (Å²) < 4.78 is 0. The molecule has 2 rings (SSSR count). The molecule has 18 heavy (non-hydrogen) atoms. The van der Waals surface area contributed by atoms with Crippen molar-refractivity contribution >= 4 is 0 Å². The van der Waals surface area contributed by atoms with Crippen LogP contribution in [0.1, 0.15) is 65.2 Å². The molecule has 0 unspecified atom stereocenters. The Morgan fingerprint density at radius 2 is 1.83 bits per heavy atom. The molecular weight excluding hydrogens is 220 g/mol. The lowest BCUT2D eigenvalue weighted by molar-refractivity contribution is 0.0496. The van der Waals surface area contributed by atoms with Crippen LogP contribution in [0, 0.1) is 11.3 Å². The molecule has 2 saturated carbocycles. The Balaban J connectivity index is 1.90. The summed E-state index contributed by atoms with van der Waals surface area (Å²) in [7, 11) is 0. The molecule has 0 saturated heterocycles. The topological polar surface area (TPSA) is 29.3 Å². The normalized spacial score (nSPS) is 23.8. The lowest BCUT2D eigenvalue weighted by Gasteiger charge is -2.46. The van der Waals surface area contributed by atoms with Gasteiger partial charge < -0.3 is 5.73 Å². The van der Waals surface area contributed by atoms with Crippen molar-refractivity contribution in [1.82, 2.24) is 4.90 Å². The second-order valence-electron chi connectivity index (χ2n) is 7.15. The summed E-state index contributed by atoms with van der Waals surface area (Å²) in [4.78, 5) is 2.80. The third-order valence-corrected chi connectivity index (χ3v) is 5.22. The van der Waals surface area contributed by atoms with Crippen molar-refractivity contribution in [3.63, 3.8) is 0 Å². The molecule has 0 amide bonds. The Bertz CT molecular complexity index is 234. The molecule has 0 aromatic carbocycles. The van der Waals surface area contributed by atoms with Crippen molar-refractivity contribution in [1.29, 1.82) is 0 Å². The van der Waals surface area contributed by atoms with Gasteiger partial charge in [-0.25, -0.2) is 0 Å². The van der Waals surface area contributed by atoms with Crippen LogP contribution in [-0.4, -0.2) is 30.6 Å². The predicted molar refractivity (Wildman–Crippen MR) is 78.6 cm³/mol. The first-order valence-corrected chi connectivity index (χ1v) is 8.09. The maximum Gasteiger partial charge on any atom is 0.00955 e. The predicted octanol–water partition coefficient (Wildman–Crippen LogP) is 3.41. The molecule has 2 heteroatoms. The van der Waals surface area contributed by atoms with Crippen LogP contribution in [0.25, 0.3) is 0 Å². The molecule has 2 N–H and O–H groups in total. The fourth-order valence-corrected chi connectivity index (χ4v) is 3.62. The molecule has 0 bridgehead atoms. The van der Waals surface area contributed by atoms with Crippen LogP contribution < -0.4 is 5.73 Å². The zero-order valence-corrected chi connectivity index (χ0v) is 12.5. The largest absolute Gasteiger partial charge is 0.330 e. The van der Waals surface area contributed by atoms with E-state index in [1.54, 1.807) is 0 Å². The minimum absolute atomic E-state index is 0.486. The third kappa shape index (κ3) is 3.48. The fourth-order valence-electron chi connectivity index (χ4n) is 3.62. The number of rotatable bonds is 7. The Morgan fingerprint density at radius 3 is 2.28 bits per heavy atom. The van der Waals surface area contributed by atoms with Gasteiger partial charge in [-0.15, -0.1) is 0 Å². The van der Waals surface area contributed by atoms with Gasteiger partial charge in [-0.2, -0.15) is 0 Å². The molecule has 106 valence electrons. The van der Waals surface area contributed by atoms with E-state index in [1.165, 1.54) is 64.5 Å². The van der Waals surface area contributed by atoms with E-state index in [1.807, 2.05) is 0 Å². The lowest BCUT2D eigenvalue weighted by Crippen LogP contribution is -2.50. The molecule has 2 aliphatic rings. The molecule has 0 heterocycles. The summed E-state index contributed by atoms with van der Waals surface area (Å²) in [6.07, 6.45) is 11.2. The van der Waals surface area contributed by atoms with Crippen LogP contribution in [-0.2, 0) is 0 Å². The summed E-state index contributed by atoms with van der Waals surface area (Å²) in [6.45, 7) is 8.16. The zero-order valence-electron chi connectivity index (χ0n) is 12.5. The van der Waals surface area contributed by atoms with Crippen molar-refractivity contribution in [2.45, 2.75) is 71.3 Å². The first-order chi connectivity index (χ1) is 8.65. The molecule has 0 radical (unpaired) electrons. The van der Waals surface area contributed by atoms with Crippen molar-refractivity contribution in [3.8, 4) is 0 Å². The monoisotopic (exact) mass is 252 g/mol. The maximum atomic E-state index is 6.05. The summed E-state index contributed by atoms with van der Waals surface area (Å²) in [5.41, 5.74) is 6.53. The third-order valence-electron chi connectivity index (χ3n) is 5.22. The molecule has 0 atom stereocenters. The SMILES string of the molecule is CC(C)CCN(CC1(CN)CCC1)C1CCCC1. The van der Waals surface area contributed by atoms with Crippen LogP contribution in [0.2, 0.25) is 0 Å². The average molecular weight is 252 g/mol. The van der Waals surface area contributed by atoms with Gasteiger partial charge in [0.2, 0.25) is 0 Å². The van der Waals surface area contributed by atoms with Crippen molar-refractivity contribution < 1.29 is 0 Å². The van der Waals surface area contributed by atoms with E-state index in [2.05, 4.69) is 18.7 Å². The van der Waals surface area contributed by atoms with Gasteiger partial charge in [0.25, 0.3) is 0 Å². The highest BCUT2D eigenvalue weighted by Gasteiger charge is 2.38. The van der Waals surface area contributed by atoms with E-state index in [-0.39, 0.29) is 0 Å². The minimum atomic E-state index is 0.486. The van der Waals surface area contributed by atoms with Crippen LogP contribution in [0.4, 0.5) is 0 Å². The van der Waals surface area contributed by atoms with Crippen LogP contribution in [0.15, 0.2) is 0 Å². The smallest absolute Gasteiger partial charge is 0.00955 e. The molecule has 0 spiro atoms. The Hall–Kier alpha value is -0.0800. The molecule has 2 nitrogen and oxygen atoms in total. The van der Waals surface area contributed by atoms with E-state index in [0.717, 1.165) is 18.5 Å². The van der Waals surface area contributed by atoms with E-state index in [0.29, 0.717) is 5.41 Å². The van der Waals surface area contributed by atoms with Gasteiger partial charge in [-0.1, -0.05) is 33.1 Å². The van der Waals surface area contributed by atoms with Gasteiger partial charge in [-0.3, -0.25) is 4.90 Å². The second-order valence-corrected chi connectivity index (χ2v) is 7.15. The average Bonchev–Trinajstić information content (AvgIpc) is 2.80. The second kappa shape index (κ2) is 6.38. The number of nitrogens with two attached hydrogens (primary N) is 1. The highest BCUT2D eigenvalue weighted by Crippen LogP contribution is 2.41. The summed E-state index contributed by atoms with van der Waals surface area (Å²) in [5, 5.41) is 0. The Kier molecular flexibility index (Phi) is 5.08. The van der Waals surface area contributed by atoms with Crippen LogP contribution >= 0.6 is 0 Å². The number of hydrogen-bond donors (Lipinski definition) is 1. The molecule has 0 aromatic heterocycles. The van der Waals surface area contributed by atoms with Gasteiger partial charge in [0.1, 0.15) is 0 Å². The summed E-state index contributed by atoms with van der Waals surface area (Å²) in [5.74, 6) is 0.823. The zero-order chi connectivity index (χ0) is 13.0. The van der Waals surface area contributed by atoms with E-state index in [9.17, 15) is 0 Å². The maximum absolute atomic E-state index is 6.05. The standard InChI is InChI=1S/C16H32N2/c1-14(2)8-11-18(15-6-3-4-7-15)13-16(12-17)9-5-10-16/h14-15H,3-13,17H2,1-2H3. The molecule has 2 aliphatic carbocycles. The van der Waals surface area contributed by atoms with Gasteiger partial charge >= 0.3 is 0 Å². The number of nitrogens with zero attached hydrogens (tertiary/aromatic N) is 1. The first-order valence-electron chi connectivity index (χ1n) is 8.09. The summed E-state index contributed by atoms with van der Waals surface area (Å²) in [6, 6.07) is 0.868. The molecular formula is C16H32N2. The van der Waals surface area contributed by atoms with E-state index < -0.39 is 0 Å². The Labute approximate surface area is 113 Å². The van der Waals surface area contributed by atoms with Crippen molar-refractivity contribution in [2.75, 3.05) is 19.6 Å². The van der Waals surface area contributed by atoms with Gasteiger partial charge in [0.15, 0.2) is 0 Å². The molecule has 0 aliphatic heterocycles. The van der Waals surface area contributed by atoms with E-state index >= 15 is 0 Å². The molecule has 0 aromatic rings. The lowest BCUT2D eigenvalue weighted by atomic mass is 9.68. The molecule has 2 fully saturated rings. The quantitative estimate of drug-likeness (QED) is 0.752. The highest BCUT2D eigenvalue weighted by molar-refractivity contribution is 4.93. The summed E-state index contributed by atoms with van der Waals surface area (Å²) >= 11 is 0. The van der Waals surface area contributed by atoms with Crippen molar-refractivity contribution in [3.05, 3.63) is 0 Å². The fraction of sp³-hybridized carbons (Fsp3) is 1.00. The van der Waals surface area contributed by atoms with Gasteiger partial charge in [0.05, 0.1) is 0 Å². The van der Waals surface area contributed by atoms with Gasteiger partial charge in [0, 0.05) is 12.6 Å². The van der Waals surface area contributed by atoms with Gasteiger partial charge in [-0.05, 0) is 56.5 Å². The first kappa shape index (κ1) is 14.3. The van der Waals surface area contributed by atoms with Crippen molar-refractivity contribution in [2.24, 2.45) is 17.1 Å². The number of hydrogen-bond acceptors (Lipinski definition) is 2. The van der Waals surface area contributed by atoms with E-state index in [4.69, 9.17) is 5.73 Å². The highest BCUT2D eigenvalue weighted by atomic mass is 15.2. The van der Waals surface area contributed by atoms with Crippen LogP contribution in [0.5, 0.6) is 0 Å². The minimum Gasteiger partial charge on any atom is -0.330 e. The Morgan fingerprint density at radius 1 is 1.17 bits per heavy atom. The van der Waals surface area contributed by atoms with Crippen LogP contribution in [0.3, 0.4) is 0 Å².